The van der Waals surface area contributed by atoms with Crippen LogP contribution in [-0.2, 0) is 17.5 Å². The van der Waals surface area contributed by atoms with Crippen molar-refractivity contribution in [3.05, 3.63) is 68.1 Å². The van der Waals surface area contributed by atoms with Gasteiger partial charge in [-0.3, -0.25) is 0 Å². The van der Waals surface area contributed by atoms with Crippen LogP contribution in [0.4, 0.5) is 0 Å². The van der Waals surface area contributed by atoms with Gasteiger partial charge in [0.1, 0.15) is 0 Å². The van der Waals surface area contributed by atoms with E-state index in [1.54, 1.807) is 0 Å². The molecule has 0 radical (unpaired) electrons. The summed E-state index contributed by atoms with van der Waals surface area (Å²) in [5, 5.41) is 0.818. The molecular weight excluding hydrogens is 400 g/mol. The summed E-state index contributed by atoms with van der Waals surface area (Å²) < 4.78 is 7.08. The third-order valence-electron chi connectivity index (χ3n) is 4.30. The Balaban J connectivity index is 1.72. The molecule has 0 unspecified atom stereocenters. The van der Waals surface area contributed by atoms with Crippen molar-refractivity contribution in [2.24, 2.45) is 0 Å². The van der Waals surface area contributed by atoms with E-state index in [-0.39, 0.29) is 0 Å². The van der Waals surface area contributed by atoms with E-state index in [9.17, 15) is 0 Å². The van der Waals surface area contributed by atoms with Gasteiger partial charge in [-0.15, -0.1) is 0 Å². The quantitative estimate of drug-likeness (QED) is 0.458. The highest BCUT2D eigenvalue weighted by Crippen LogP contribution is 2.40. The summed E-state index contributed by atoms with van der Waals surface area (Å²) in [4.78, 5) is 0. The molecule has 3 rings (SSSR count). The molecule has 24 heavy (non-hydrogen) atoms. The van der Waals surface area contributed by atoms with Crippen LogP contribution in [0, 0.1) is 0 Å². The van der Waals surface area contributed by atoms with Crippen LogP contribution in [0.25, 0.3) is 0 Å². The fourth-order valence-corrected chi connectivity index (χ4v) is 4.06. The van der Waals surface area contributed by atoms with Crippen LogP contribution in [0.3, 0.4) is 0 Å². The van der Waals surface area contributed by atoms with Crippen LogP contribution >= 0.6 is 27.5 Å². The van der Waals surface area contributed by atoms with Gasteiger partial charge < -0.3 is 4.43 Å². The molecule has 4 heteroatoms. The zero-order chi connectivity index (χ0) is 17.3. The molecule has 1 nitrogen and oxygen atoms in total. The van der Waals surface area contributed by atoms with Crippen molar-refractivity contribution in [1.29, 1.82) is 0 Å². The van der Waals surface area contributed by atoms with Gasteiger partial charge >= 0.3 is 0 Å². The van der Waals surface area contributed by atoms with Crippen LogP contribution in [0.1, 0.15) is 41.0 Å². The molecule has 0 amide bonds. The molecule has 1 aliphatic rings. The molecule has 0 spiro atoms. The first-order chi connectivity index (χ1) is 11.3. The summed E-state index contributed by atoms with van der Waals surface area (Å²) in [6.45, 7) is 7.21. The van der Waals surface area contributed by atoms with E-state index in [1.807, 2.05) is 6.07 Å². The average Bonchev–Trinajstić information content (AvgIpc) is 3.34. The van der Waals surface area contributed by atoms with Gasteiger partial charge in [0.05, 0.1) is 6.61 Å². The van der Waals surface area contributed by atoms with E-state index >= 15 is 0 Å². The van der Waals surface area contributed by atoms with E-state index < -0.39 is 8.32 Å². The summed E-state index contributed by atoms with van der Waals surface area (Å²) in [7, 11) is -1.53. The first-order valence-electron chi connectivity index (χ1n) is 8.51. The summed E-state index contributed by atoms with van der Waals surface area (Å²) >= 11 is 10.2. The van der Waals surface area contributed by atoms with Crippen LogP contribution < -0.4 is 0 Å². The Labute approximate surface area is 159 Å². The lowest BCUT2D eigenvalue weighted by atomic mass is 10.0. The molecule has 0 atom stereocenters. The Hall–Kier alpha value is -0.613. The Bertz CT molecular complexity index is 718. The Morgan fingerprint density at radius 2 is 1.75 bits per heavy atom. The molecule has 1 aliphatic carbocycles. The van der Waals surface area contributed by atoms with Gasteiger partial charge in [0, 0.05) is 9.50 Å². The van der Waals surface area contributed by atoms with Gasteiger partial charge in [-0.25, -0.2) is 0 Å². The van der Waals surface area contributed by atoms with Crippen LogP contribution in [0.15, 0.2) is 40.9 Å². The maximum Gasteiger partial charge on any atom is 0.184 e. The van der Waals surface area contributed by atoms with Crippen molar-refractivity contribution in [3.8, 4) is 0 Å². The number of hydrogen-bond donors (Lipinski definition) is 0. The molecule has 1 saturated carbocycles. The lowest BCUT2D eigenvalue weighted by Crippen LogP contribution is -2.24. The summed E-state index contributed by atoms with van der Waals surface area (Å²) in [6, 6.07) is 13.2. The fraction of sp³-hybridized carbons (Fsp3) is 0.400. The molecule has 0 bridgehead atoms. The smallest absolute Gasteiger partial charge is 0.184 e. The molecule has 0 N–H and O–H groups in total. The molecule has 1 fully saturated rings. The summed E-state index contributed by atoms with van der Waals surface area (Å²) in [6.07, 6.45) is 3.55. The lowest BCUT2D eigenvalue weighted by molar-refractivity contribution is 0.299. The van der Waals surface area contributed by atoms with E-state index in [0.29, 0.717) is 6.61 Å². The topological polar surface area (TPSA) is 9.23 Å². The van der Waals surface area contributed by atoms with Gasteiger partial charge in [0.15, 0.2) is 8.32 Å². The molecule has 128 valence electrons. The Morgan fingerprint density at radius 1 is 1.08 bits per heavy atom. The largest absolute Gasteiger partial charge is 0.413 e. The fourth-order valence-electron chi connectivity index (χ4n) is 2.71. The van der Waals surface area contributed by atoms with Crippen molar-refractivity contribution < 1.29 is 4.43 Å². The summed E-state index contributed by atoms with van der Waals surface area (Å²) in [5.41, 5.74) is 5.05. The van der Waals surface area contributed by atoms with Gasteiger partial charge in [-0.2, -0.15) is 0 Å². The second-order valence-electron chi connectivity index (χ2n) is 7.63. The van der Waals surface area contributed by atoms with Crippen molar-refractivity contribution in [2.75, 3.05) is 0 Å². The van der Waals surface area contributed by atoms with E-state index in [4.69, 9.17) is 16.0 Å². The third kappa shape index (κ3) is 4.95. The van der Waals surface area contributed by atoms with E-state index in [2.05, 4.69) is 65.9 Å². The molecular formula is C20H24BrClOSi. The Morgan fingerprint density at radius 3 is 2.33 bits per heavy atom. The van der Waals surface area contributed by atoms with Gasteiger partial charge in [0.2, 0.25) is 0 Å². The van der Waals surface area contributed by atoms with Crippen molar-refractivity contribution >= 4 is 35.8 Å². The zero-order valence-electron chi connectivity index (χ0n) is 14.5. The predicted molar refractivity (Wildman–Crippen MR) is 109 cm³/mol. The maximum atomic E-state index is 6.53. The maximum absolute atomic E-state index is 6.53. The average molecular weight is 424 g/mol. The highest BCUT2D eigenvalue weighted by Gasteiger charge is 2.23. The molecule has 0 aromatic heterocycles. The number of hydrogen-bond acceptors (Lipinski definition) is 1. The van der Waals surface area contributed by atoms with Crippen LogP contribution in [0.5, 0.6) is 0 Å². The first-order valence-corrected chi connectivity index (χ1v) is 13.1. The first kappa shape index (κ1) is 18.2. The lowest BCUT2D eigenvalue weighted by Gasteiger charge is -2.18. The number of benzene rings is 2. The second-order valence-corrected chi connectivity index (χ2v) is 13.4. The Kier molecular flexibility index (Phi) is 5.55. The van der Waals surface area contributed by atoms with Gasteiger partial charge in [-0.1, -0.05) is 51.8 Å². The van der Waals surface area contributed by atoms with E-state index in [0.717, 1.165) is 33.0 Å². The van der Waals surface area contributed by atoms with Crippen LogP contribution in [-0.4, -0.2) is 8.32 Å². The minimum atomic E-state index is -1.53. The standard InChI is InChI=1S/C20H24BrClOSi/c1-24(2,3)23-13-18-12-20(22)17(11-19(18)21)10-14-4-6-15(7-5-14)16-8-9-16/h4-7,11-12,16H,8-10,13H2,1-3H3. The highest BCUT2D eigenvalue weighted by molar-refractivity contribution is 9.10. The summed E-state index contributed by atoms with van der Waals surface area (Å²) in [5.74, 6) is 0.808. The number of rotatable bonds is 6. The molecule has 0 saturated heterocycles. The molecule has 0 heterocycles. The minimum Gasteiger partial charge on any atom is -0.413 e. The molecule has 0 aliphatic heterocycles. The van der Waals surface area contributed by atoms with Gasteiger partial charge in [0.25, 0.3) is 0 Å². The monoisotopic (exact) mass is 422 g/mol. The third-order valence-corrected chi connectivity index (χ3v) is 6.40. The predicted octanol–water partition coefficient (Wildman–Crippen LogP) is 6.92. The van der Waals surface area contributed by atoms with Crippen molar-refractivity contribution in [3.63, 3.8) is 0 Å². The van der Waals surface area contributed by atoms with Gasteiger partial charge in [-0.05, 0) is 79.2 Å². The van der Waals surface area contributed by atoms with E-state index in [1.165, 1.54) is 24.0 Å². The highest BCUT2D eigenvalue weighted by atomic mass is 79.9. The molecule has 2 aromatic rings. The normalized spacial score (nSPS) is 14.9. The SMILES string of the molecule is C[Si](C)(C)OCc1cc(Cl)c(Cc2ccc(C3CC3)cc2)cc1Br. The second kappa shape index (κ2) is 7.33. The van der Waals surface area contributed by atoms with Crippen molar-refractivity contribution in [1.82, 2.24) is 0 Å². The van der Waals surface area contributed by atoms with Crippen molar-refractivity contribution in [2.45, 2.75) is 51.4 Å². The van der Waals surface area contributed by atoms with Crippen LogP contribution in [0.2, 0.25) is 24.7 Å². The molecule has 2 aromatic carbocycles. The zero-order valence-corrected chi connectivity index (χ0v) is 17.9. The minimum absolute atomic E-state index is 0.617. The number of halogens is 2.